The van der Waals surface area contributed by atoms with E-state index in [0.717, 1.165) is 0 Å². The number of nitrogens with zero attached hydrogens (tertiary/aromatic N) is 1. The zero-order chi connectivity index (χ0) is 14.5. The third-order valence-electron chi connectivity index (χ3n) is 2.49. The van der Waals surface area contributed by atoms with E-state index in [-0.39, 0.29) is 16.7 Å². The number of phenols is 1. The minimum atomic E-state index is -0.376. The molecule has 6 heteroatoms. The Labute approximate surface area is 125 Å². The van der Waals surface area contributed by atoms with Crippen LogP contribution in [-0.2, 0) is 0 Å². The molecule has 0 aliphatic heterocycles. The van der Waals surface area contributed by atoms with E-state index in [2.05, 4.69) is 10.5 Å². The summed E-state index contributed by atoms with van der Waals surface area (Å²) in [5, 5.41) is 14.2. The summed E-state index contributed by atoms with van der Waals surface area (Å²) in [7, 11) is 0. The van der Waals surface area contributed by atoms with E-state index >= 15 is 0 Å². The van der Waals surface area contributed by atoms with Gasteiger partial charge in [0.15, 0.2) is 0 Å². The SMILES string of the molecule is O=C(N/N=C\c1cccc(Cl)c1O)c1ccc(Cl)cc1. The lowest BCUT2D eigenvalue weighted by Gasteiger charge is -2.01. The number of carbonyl (C=O) groups excluding carboxylic acids is 1. The molecule has 0 atom stereocenters. The van der Waals surface area contributed by atoms with Gasteiger partial charge in [-0.05, 0) is 36.4 Å². The number of halogens is 2. The molecule has 0 radical (unpaired) electrons. The molecule has 0 spiro atoms. The van der Waals surface area contributed by atoms with Gasteiger partial charge in [-0.25, -0.2) is 5.43 Å². The zero-order valence-electron chi connectivity index (χ0n) is 10.2. The summed E-state index contributed by atoms with van der Waals surface area (Å²) in [5.74, 6) is -0.460. The molecule has 2 rings (SSSR count). The van der Waals surface area contributed by atoms with Crippen LogP contribution in [0.3, 0.4) is 0 Å². The summed E-state index contributed by atoms with van der Waals surface area (Å²) in [4.78, 5) is 11.7. The largest absolute Gasteiger partial charge is 0.506 e. The van der Waals surface area contributed by atoms with Crippen LogP contribution < -0.4 is 5.43 Å². The Hall–Kier alpha value is -2.04. The molecule has 1 amide bonds. The van der Waals surface area contributed by atoms with Crippen LogP contribution in [0.2, 0.25) is 10.0 Å². The Morgan fingerprint density at radius 3 is 2.55 bits per heavy atom. The minimum Gasteiger partial charge on any atom is -0.506 e. The van der Waals surface area contributed by atoms with Crippen molar-refractivity contribution >= 4 is 35.3 Å². The van der Waals surface area contributed by atoms with Crippen LogP contribution in [0.15, 0.2) is 47.6 Å². The fourth-order valence-corrected chi connectivity index (χ4v) is 1.77. The predicted molar refractivity (Wildman–Crippen MR) is 79.6 cm³/mol. The molecule has 0 fully saturated rings. The van der Waals surface area contributed by atoms with Gasteiger partial charge in [0.1, 0.15) is 5.75 Å². The Morgan fingerprint density at radius 2 is 1.85 bits per heavy atom. The average molecular weight is 309 g/mol. The molecule has 0 aromatic heterocycles. The van der Waals surface area contributed by atoms with Gasteiger partial charge in [-0.3, -0.25) is 4.79 Å². The van der Waals surface area contributed by atoms with Crippen LogP contribution in [0.4, 0.5) is 0 Å². The summed E-state index contributed by atoms with van der Waals surface area (Å²) < 4.78 is 0. The normalized spacial score (nSPS) is 10.7. The minimum absolute atomic E-state index is 0.0846. The summed E-state index contributed by atoms with van der Waals surface area (Å²) in [5.41, 5.74) is 3.19. The van der Waals surface area contributed by atoms with E-state index in [0.29, 0.717) is 16.1 Å². The van der Waals surface area contributed by atoms with E-state index in [1.54, 1.807) is 42.5 Å². The second-order valence-corrected chi connectivity index (χ2v) is 4.73. The van der Waals surface area contributed by atoms with Crippen molar-refractivity contribution in [3.05, 3.63) is 63.6 Å². The predicted octanol–water partition coefficient (Wildman–Crippen LogP) is 3.46. The van der Waals surface area contributed by atoms with Gasteiger partial charge in [0.2, 0.25) is 0 Å². The molecule has 0 aliphatic carbocycles. The van der Waals surface area contributed by atoms with Crippen LogP contribution in [0.5, 0.6) is 5.75 Å². The molecule has 2 aromatic carbocycles. The highest BCUT2D eigenvalue weighted by molar-refractivity contribution is 6.32. The molecule has 0 heterocycles. The highest BCUT2D eigenvalue weighted by atomic mass is 35.5. The van der Waals surface area contributed by atoms with Crippen molar-refractivity contribution in [2.24, 2.45) is 5.10 Å². The molecule has 102 valence electrons. The molecule has 0 aliphatic rings. The summed E-state index contributed by atoms with van der Waals surface area (Å²) in [6, 6.07) is 11.3. The van der Waals surface area contributed by atoms with Gasteiger partial charge in [0.25, 0.3) is 5.91 Å². The van der Waals surface area contributed by atoms with Gasteiger partial charge in [0.05, 0.1) is 11.2 Å². The van der Waals surface area contributed by atoms with Crippen molar-refractivity contribution in [3.63, 3.8) is 0 Å². The maximum Gasteiger partial charge on any atom is 0.271 e. The van der Waals surface area contributed by atoms with E-state index in [1.165, 1.54) is 6.21 Å². The maximum absolute atomic E-state index is 11.7. The number of hydrazone groups is 1. The first-order valence-electron chi connectivity index (χ1n) is 5.64. The van der Waals surface area contributed by atoms with E-state index in [9.17, 15) is 9.90 Å². The topological polar surface area (TPSA) is 61.7 Å². The second kappa shape index (κ2) is 6.41. The van der Waals surface area contributed by atoms with Crippen molar-refractivity contribution in [2.75, 3.05) is 0 Å². The lowest BCUT2D eigenvalue weighted by molar-refractivity contribution is 0.0955. The van der Waals surface area contributed by atoms with Crippen molar-refractivity contribution in [1.29, 1.82) is 0 Å². The number of hydrogen-bond donors (Lipinski definition) is 2. The lowest BCUT2D eigenvalue weighted by atomic mass is 10.2. The van der Waals surface area contributed by atoms with Crippen LogP contribution in [0.1, 0.15) is 15.9 Å². The van der Waals surface area contributed by atoms with Gasteiger partial charge >= 0.3 is 0 Å². The van der Waals surface area contributed by atoms with E-state index in [4.69, 9.17) is 23.2 Å². The fourth-order valence-electron chi connectivity index (χ4n) is 1.46. The molecule has 2 N–H and O–H groups in total. The smallest absolute Gasteiger partial charge is 0.271 e. The van der Waals surface area contributed by atoms with Gasteiger partial charge in [0, 0.05) is 16.1 Å². The van der Waals surface area contributed by atoms with Gasteiger partial charge < -0.3 is 5.11 Å². The third kappa shape index (κ3) is 3.50. The second-order valence-electron chi connectivity index (χ2n) is 3.88. The first kappa shape index (κ1) is 14.4. The van der Waals surface area contributed by atoms with E-state index in [1.807, 2.05) is 0 Å². The first-order chi connectivity index (χ1) is 9.58. The zero-order valence-corrected chi connectivity index (χ0v) is 11.7. The number of phenolic OH excluding ortho intramolecular Hbond substituents is 1. The van der Waals surface area contributed by atoms with Crippen molar-refractivity contribution in [2.45, 2.75) is 0 Å². The molecule has 0 saturated carbocycles. The van der Waals surface area contributed by atoms with Crippen molar-refractivity contribution in [3.8, 4) is 5.75 Å². The van der Waals surface area contributed by atoms with Crippen molar-refractivity contribution in [1.82, 2.24) is 5.43 Å². The number of benzene rings is 2. The molecule has 20 heavy (non-hydrogen) atoms. The van der Waals surface area contributed by atoms with Crippen LogP contribution in [0.25, 0.3) is 0 Å². The standard InChI is InChI=1S/C14H10Cl2N2O2/c15-11-6-4-9(5-7-11)14(20)18-17-8-10-2-1-3-12(16)13(10)19/h1-8,19H,(H,18,20)/b17-8-. The molecule has 0 bridgehead atoms. The Balaban J connectivity index is 2.04. The molecular weight excluding hydrogens is 299 g/mol. The van der Waals surface area contributed by atoms with Crippen LogP contribution in [-0.4, -0.2) is 17.2 Å². The van der Waals surface area contributed by atoms with E-state index < -0.39 is 0 Å². The van der Waals surface area contributed by atoms with Crippen molar-refractivity contribution < 1.29 is 9.90 Å². The number of nitrogens with one attached hydrogen (secondary N) is 1. The maximum atomic E-state index is 11.7. The molecule has 0 unspecified atom stereocenters. The monoisotopic (exact) mass is 308 g/mol. The Morgan fingerprint density at radius 1 is 1.15 bits per heavy atom. The Kier molecular flexibility index (Phi) is 4.61. The summed E-state index contributed by atoms with van der Waals surface area (Å²) in [6.07, 6.45) is 1.31. The summed E-state index contributed by atoms with van der Waals surface area (Å²) >= 11 is 11.5. The summed E-state index contributed by atoms with van der Waals surface area (Å²) in [6.45, 7) is 0. The third-order valence-corrected chi connectivity index (χ3v) is 3.05. The molecular formula is C14H10Cl2N2O2. The van der Waals surface area contributed by atoms with Crippen LogP contribution >= 0.6 is 23.2 Å². The van der Waals surface area contributed by atoms with Gasteiger partial charge in [-0.2, -0.15) is 5.10 Å². The molecule has 2 aromatic rings. The molecule has 4 nitrogen and oxygen atoms in total. The number of aromatic hydroxyl groups is 1. The number of carbonyl (C=O) groups is 1. The lowest BCUT2D eigenvalue weighted by Crippen LogP contribution is -2.17. The highest BCUT2D eigenvalue weighted by Crippen LogP contribution is 2.25. The quantitative estimate of drug-likeness (QED) is 0.674. The van der Waals surface area contributed by atoms with Gasteiger partial charge in [-0.15, -0.1) is 0 Å². The van der Waals surface area contributed by atoms with Gasteiger partial charge in [-0.1, -0.05) is 29.3 Å². The fraction of sp³-hybridized carbons (Fsp3) is 0. The molecule has 0 saturated heterocycles. The van der Waals surface area contributed by atoms with Crippen LogP contribution in [0, 0.1) is 0 Å². The first-order valence-corrected chi connectivity index (χ1v) is 6.40. The number of hydrogen-bond acceptors (Lipinski definition) is 3. The number of para-hydroxylation sites is 1. The average Bonchev–Trinajstić information content (AvgIpc) is 2.44. The Bertz CT molecular complexity index is 655. The highest BCUT2D eigenvalue weighted by Gasteiger charge is 2.04. The number of amides is 1. The number of rotatable bonds is 3.